The van der Waals surface area contributed by atoms with Gasteiger partial charge in [-0.05, 0) is 38.5 Å². The fraction of sp³-hybridized carbons (Fsp3) is 0.586. The molecule has 0 aromatic carbocycles. The number of hydrogen-bond donors (Lipinski definition) is 9. The lowest BCUT2D eigenvalue weighted by Crippen LogP contribution is -2.46. The maximum absolute atomic E-state index is 12.8. The molecule has 0 unspecified atom stereocenters. The summed E-state index contributed by atoms with van der Waals surface area (Å²) in [6.07, 6.45) is 3.23. The summed E-state index contributed by atoms with van der Waals surface area (Å²) in [4.78, 5) is 88.3. The Labute approximate surface area is 279 Å². The zero-order valence-electron chi connectivity index (χ0n) is 27.4. The van der Waals surface area contributed by atoms with Crippen molar-refractivity contribution in [3.63, 3.8) is 0 Å². The number of H-pyrrole nitrogens is 2. The van der Waals surface area contributed by atoms with E-state index in [0.29, 0.717) is 12.3 Å². The first-order valence-electron chi connectivity index (χ1n) is 15.1. The van der Waals surface area contributed by atoms with Gasteiger partial charge in [-0.2, -0.15) is 0 Å². The molecule has 0 aliphatic rings. The van der Waals surface area contributed by atoms with Crippen LogP contribution in [-0.2, 0) is 9.59 Å². The van der Waals surface area contributed by atoms with Gasteiger partial charge >= 0.3 is 5.97 Å². The normalized spacial score (nSPS) is 13.6. The summed E-state index contributed by atoms with van der Waals surface area (Å²) in [5.74, 6) is -3.95. The van der Waals surface area contributed by atoms with Crippen LogP contribution in [0.2, 0.25) is 0 Å². The maximum Gasteiger partial charge on any atom is 0.326 e. The minimum absolute atomic E-state index is 0. The highest BCUT2D eigenvalue weighted by atomic mass is 35.5. The Hall–Kier alpha value is -4.35. The molecule has 2 aromatic heterocycles. The SMILES string of the molecule is CC(C)C[C@@H](CN)NC(=O)c1nc[nH]c1C(=O)N[C@@H](C)C(=O)CNC[C@H](C)NC(=O)c1nc[nH]c1C(=O)N[C@@H](CC(C)C)C(=O)O.Cl. The van der Waals surface area contributed by atoms with Gasteiger partial charge in [0.25, 0.3) is 23.6 Å². The molecule has 4 atom stereocenters. The minimum atomic E-state index is -1.19. The fourth-order valence-electron chi connectivity index (χ4n) is 4.50. The van der Waals surface area contributed by atoms with Gasteiger partial charge in [0.05, 0.1) is 25.2 Å². The number of ketones is 1. The second kappa shape index (κ2) is 19.3. The summed E-state index contributed by atoms with van der Waals surface area (Å²) in [6.45, 7) is 11.0. The topological polar surface area (TPSA) is 266 Å². The standard InChI is InChI=1S/C29H46N10O7.ClH/c1-14(2)7-18(9-30)38-27(43)23-22(33-13-34-23)26(42)37-17(6)20(40)11-31-10-16(5)36-25(41)21-24(35-12-32-21)28(44)39-19(29(45)46)8-15(3)4;/h12-19,31H,7-11,30H2,1-6H3,(H,32,35)(H,33,34)(H,36,41)(H,37,42)(H,38,43)(H,39,44)(H,45,46);1H/t16-,17-,18-,19-;/m0./s1. The van der Waals surface area contributed by atoms with Gasteiger partial charge in [-0.15, -0.1) is 12.4 Å². The number of aromatic amines is 2. The largest absolute Gasteiger partial charge is 0.480 e. The number of nitrogens with one attached hydrogen (secondary N) is 7. The zero-order chi connectivity index (χ0) is 34.6. The average molecular weight is 683 g/mol. The highest BCUT2D eigenvalue weighted by Crippen LogP contribution is 2.10. The van der Waals surface area contributed by atoms with Gasteiger partial charge in [0, 0.05) is 25.2 Å². The first-order valence-corrected chi connectivity index (χ1v) is 15.1. The number of nitrogens with two attached hydrogens (primary N) is 1. The van der Waals surface area contributed by atoms with Crippen molar-refractivity contribution in [3.8, 4) is 0 Å². The van der Waals surface area contributed by atoms with E-state index in [9.17, 15) is 33.9 Å². The molecule has 4 amide bonds. The number of hydrogen-bond acceptors (Lipinski definition) is 10. The number of carbonyl (C=O) groups excluding carboxylic acids is 5. The van der Waals surface area contributed by atoms with Crippen LogP contribution in [0.1, 0.15) is 96.3 Å². The highest BCUT2D eigenvalue weighted by Gasteiger charge is 2.28. The number of imidazole rings is 2. The van der Waals surface area contributed by atoms with Crippen LogP contribution >= 0.6 is 12.4 Å². The van der Waals surface area contributed by atoms with Gasteiger partial charge in [0.1, 0.15) is 17.4 Å². The average Bonchev–Trinajstić information content (AvgIpc) is 3.66. The Morgan fingerprint density at radius 1 is 0.766 bits per heavy atom. The number of aliphatic carboxylic acids is 1. The Morgan fingerprint density at radius 3 is 1.77 bits per heavy atom. The number of carboxylic acids is 1. The number of aromatic nitrogens is 4. The molecular weight excluding hydrogens is 636 g/mol. The Balaban J connectivity index is 0.0000110. The fourth-order valence-corrected chi connectivity index (χ4v) is 4.50. The van der Waals surface area contributed by atoms with Crippen molar-refractivity contribution in [2.24, 2.45) is 17.6 Å². The third kappa shape index (κ3) is 12.8. The van der Waals surface area contributed by atoms with Gasteiger partial charge in [-0.3, -0.25) is 24.0 Å². The molecule has 2 aromatic rings. The number of amides is 4. The number of rotatable bonds is 19. The van der Waals surface area contributed by atoms with E-state index in [-0.39, 0.29) is 79.0 Å². The number of halogens is 1. The third-order valence-corrected chi connectivity index (χ3v) is 6.81. The lowest BCUT2D eigenvalue weighted by Gasteiger charge is -2.19. The van der Waals surface area contributed by atoms with Crippen LogP contribution in [0.25, 0.3) is 0 Å². The Morgan fingerprint density at radius 2 is 1.28 bits per heavy atom. The van der Waals surface area contributed by atoms with Crippen LogP contribution in [0, 0.1) is 11.8 Å². The summed E-state index contributed by atoms with van der Waals surface area (Å²) < 4.78 is 0. The Kier molecular flexibility index (Phi) is 16.7. The van der Waals surface area contributed by atoms with Crippen molar-refractivity contribution in [3.05, 3.63) is 35.4 Å². The molecule has 47 heavy (non-hydrogen) atoms. The summed E-state index contributed by atoms with van der Waals surface area (Å²) >= 11 is 0. The van der Waals surface area contributed by atoms with Gasteiger partial charge < -0.3 is 47.4 Å². The summed E-state index contributed by atoms with van der Waals surface area (Å²) in [7, 11) is 0. The van der Waals surface area contributed by atoms with E-state index >= 15 is 0 Å². The summed E-state index contributed by atoms with van der Waals surface area (Å²) in [5.41, 5.74) is 5.16. The molecule has 0 saturated heterocycles. The van der Waals surface area contributed by atoms with Gasteiger partial charge in [-0.1, -0.05) is 27.7 Å². The summed E-state index contributed by atoms with van der Waals surface area (Å²) in [5, 5.41) is 22.7. The molecule has 2 rings (SSSR count). The predicted octanol–water partition coefficient (Wildman–Crippen LogP) is -0.0176. The van der Waals surface area contributed by atoms with E-state index < -0.39 is 47.7 Å². The molecule has 0 radical (unpaired) electrons. The van der Waals surface area contributed by atoms with Crippen molar-refractivity contribution in [2.75, 3.05) is 19.6 Å². The van der Waals surface area contributed by atoms with Crippen molar-refractivity contribution in [1.29, 1.82) is 0 Å². The molecule has 0 aliphatic carbocycles. The molecule has 18 heteroatoms. The number of carbonyl (C=O) groups is 6. The molecule has 17 nitrogen and oxygen atoms in total. The first kappa shape index (κ1) is 40.7. The monoisotopic (exact) mass is 682 g/mol. The molecule has 0 aliphatic heterocycles. The number of nitrogens with zero attached hydrogens (tertiary/aromatic N) is 2. The van der Waals surface area contributed by atoms with E-state index in [1.54, 1.807) is 6.92 Å². The molecule has 262 valence electrons. The van der Waals surface area contributed by atoms with Crippen molar-refractivity contribution in [2.45, 2.75) is 78.6 Å². The van der Waals surface area contributed by atoms with Crippen LogP contribution in [0.15, 0.2) is 12.7 Å². The minimum Gasteiger partial charge on any atom is -0.480 e. The molecule has 0 fully saturated rings. The van der Waals surface area contributed by atoms with Gasteiger partial charge in [-0.25, -0.2) is 14.8 Å². The van der Waals surface area contributed by atoms with Gasteiger partial charge in [0.15, 0.2) is 17.2 Å². The van der Waals surface area contributed by atoms with Crippen molar-refractivity contribution >= 4 is 47.8 Å². The molecule has 0 spiro atoms. The second-order valence-corrected chi connectivity index (χ2v) is 11.9. The molecule has 0 bridgehead atoms. The third-order valence-electron chi connectivity index (χ3n) is 6.81. The molecule has 0 saturated carbocycles. The zero-order valence-corrected chi connectivity index (χ0v) is 28.2. The molecule has 2 heterocycles. The lowest BCUT2D eigenvalue weighted by molar-refractivity contribution is -0.139. The molecule has 10 N–H and O–H groups in total. The second-order valence-electron chi connectivity index (χ2n) is 11.9. The number of carboxylic acid groups (broad SMARTS) is 1. The van der Waals surface area contributed by atoms with Crippen LogP contribution in [0.3, 0.4) is 0 Å². The van der Waals surface area contributed by atoms with Crippen LogP contribution in [0.5, 0.6) is 0 Å². The van der Waals surface area contributed by atoms with E-state index in [1.165, 1.54) is 13.3 Å². The van der Waals surface area contributed by atoms with Crippen LogP contribution < -0.4 is 32.3 Å². The molecular formula is C29H47ClN10O7. The highest BCUT2D eigenvalue weighted by molar-refractivity contribution is 6.06. The van der Waals surface area contributed by atoms with E-state index in [0.717, 1.165) is 6.33 Å². The lowest BCUT2D eigenvalue weighted by atomic mass is 10.0. The van der Waals surface area contributed by atoms with Gasteiger partial charge in [0.2, 0.25) is 0 Å². The first-order chi connectivity index (χ1) is 21.6. The number of Topliss-reactive ketones (excluding diaryl/α,β-unsaturated/α-hetero) is 1. The quantitative estimate of drug-likeness (QED) is 0.0950. The van der Waals surface area contributed by atoms with E-state index in [1.807, 2.05) is 27.7 Å². The van der Waals surface area contributed by atoms with Crippen LogP contribution in [0.4, 0.5) is 0 Å². The predicted molar refractivity (Wildman–Crippen MR) is 174 cm³/mol. The smallest absolute Gasteiger partial charge is 0.326 e. The van der Waals surface area contributed by atoms with Crippen LogP contribution in [-0.4, -0.2) is 104 Å². The van der Waals surface area contributed by atoms with E-state index in [2.05, 4.69) is 46.5 Å². The van der Waals surface area contributed by atoms with Crippen molar-refractivity contribution in [1.82, 2.24) is 46.5 Å². The summed E-state index contributed by atoms with van der Waals surface area (Å²) in [6, 6.07) is -2.85. The maximum atomic E-state index is 12.8. The van der Waals surface area contributed by atoms with Crippen molar-refractivity contribution < 1.29 is 33.9 Å². The van der Waals surface area contributed by atoms with E-state index in [4.69, 9.17) is 5.73 Å². The Bertz CT molecular complexity index is 1380.